The Morgan fingerprint density at radius 1 is 0.964 bits per heavy atom. The molecule has 0 bridgehead atoms. The Morgan fingerprint density at radius 3 is 2.32 bits per heavy atom. The SMILES string of the molecule is CC(Cc1ccsc1)Nc1c(NCC(Cc2ccccc2)N(C)C)c(=O)c1=O. The molecule has 148 valence electrons. The number of nitrogens with one attached hydrogen (secondary N) is 2. The van der Waals surface area contributed by atoms with E-state index in [1.54, 1.807) is 11.3 Å². The number of hydrogen-bond acceptors (Lipinski definition) is 6. The van der Waals surface area contributed by atoms with E-state index in [0.717, 1.165) is 12.8 Å². The third kappa shape index (κ3) is 4.88. The minimum Gasteiger partial charge on any atom is -0.378 e. The summed E-state index contributed by atoms with van der Waals surface area (Å²) in [6.07, 6.45) is 1.68. The third-order valence-electron chi connectivity index (χ3n) is 4.98. The van der Waals surface area contributed by atoms with Gasteiger partial charge in [-0.25, -0.2) is 0 Å². The summed E-state index contributed by atoms with van der Waals surface area (Å²) >= 11 is 1.66. The minimum atomic E-state index is -0.428. The largest absolute Gasteiger partial charge is 0.378 e. The Morgan fingerprint density at radius 2 is 1.68 bits per heavy atom. The fraction of sp³-hybridized carbons (Fsp3) is 0.364. The molecule has 0 aliphatic heterocycles. The molecule has 3 aromatic rings. The Hall–Kier alpha value is -2.44. The molecule has 5 nitrogen and oxygen atoms in total. The van der Waals surface area contributed by atoms with Crippen LogP contribution in [-0.2, 0) is 12.8 Å². The Bertz CT molecular complexity index is 944. The predicted octanol–water partition coefficient (Wildman–Crippen LogP) is 2.97. The summed E-state index contributed by atoms with van der Waals surface area (Å²) < 4.78 is 0. The molecule has 3 rings (SSSR count). The number of hydrogen-bond donors (Lipinski definition) is 2. The molecule has 2 N–H and O–H groups in total. The van der Waals surface area contributed by atoms with E-state index in [-0.39, 0.29) is 12.1 Å². The molecule has 0 saturated heterocycles. The summed E-state index contributed by atoms with van der Waals surface area (Å²) in [5.74, 6) is 0. The van der Waals surface area contributed by atoms with Crippen LogP contribution in [0, 0.1) is 0 Å². The molecule has 0 fully saturated rings. The second-order valence-electron chi connectivity index (χ2n) is 7.48. The van der Waals surface area contributed by atoms with Gasteiger partial charge < -0.3 is 15.5 Å². The highest BCUT2D eigenvalue weighted by molar-refractivity contribution is 7.07. The lowest BCUT2D eigenvalue weighted by atomic mass is 10.0. The van der Waals surface area contributed by atoms with Crippen molar-refractivity contribution in [3.8, 4) is 0 Å². The fourth-order valence-corrected chi connectivity index (χ4v) is 3.98. The smallest absolute Gasteiger partial charge is 0.253 e. The Balaban J connectivity index is 1.63. The summed E-state index contributed by atoms with van der Waals surface area (Å²) in [5, 5.41) is 10.6. The van der Waals surface area contributed by atoms with E-state index in [1.165, 1.54) is 11.1 Å². The molecule has 0 saturated carbocycles. The first kappa shape index (κ1) is 20.3. The molecule has 0 aliphatic carbocycles. The summed E-state index contributed by atoms with van der Waals surface area (Å²) in [4.78, 5) is 26.3. The predicted molar refractivity (Wildman–Crippen MR) is 119 cm³/mol. The zero-order valence-corrected chi connectivity index (χ0v) is 17.4. The lowest BCUT2D eigenvalue weighted by Crippen LogP contribution is -2.43. The van der Waals surface area contributed by atoms with Crippen LogP contribution in [0.5, 0.6) is 0 Å². The lowest BCUT2D eigenvalue weighted by Gasteiger charge is -2.26. The normalized spacial score (nSPS) is 13.6. The number of anilines is 2. The lowest BCUT2D eigenvalue weighted by molar-refractivity contribution is 0.303. The van der Waals surface area contributed by atoms with Gasteiger partial charge in [0.25, 0.3) is 10.9 Å². The maximum atomic E-state index is 12.1. The van der Waals surface area contributed by atoms with E-state index in [1.807, 2.05) is 44.6 Å². The van der Waals surface area contributed by atoms with E-state index in [9.17, 15) is 9.59 Å². The van der Waals surface area contributed by atoms with Crippen LogP contribution in [-0.4, -0.2) is 37.6 Å². The third-order valence-corrected chi connectivity index (χ3v) is 5.71. The van der Waals surface area contributed by atoms with E-state index in [4.69, 9.17) is 0 Å². The molecule has 0 amide bonds. The number of rotatable bonds is 10. The molecule has 1 aromatic heterocycles. The number of thiophene rings is 1. The summed E-state index contributed by atoms with van der Waals surface area (Å²) in [6.45, 7) is 2.62. The molecule has 28 heavy (non-hydrogen) atoms. The van der Waals surface area contributed by atoms with Crippen molar-refractivity contribution in [2.45, 2.75) is 31.8 Å². The van der Waals surface area contributed by atoms with E-state index in [0.29, 0.717) is 17.9 Å². The summed E-state index contributed by atoms with van der Waals surface area (Å²) in [6, 6.07) is 12.6. The van der Waals surface area contributed by atoms with Crippen molar-refractivity contribution in [1.82, 2.24) is 4.90 Å². The number of nitrogens with zero attached hydrogens (tertiary/aromatic N) is 1. The quantitative estimate of drug-likeness (QED) is 0.515. The van der Waals surface area contributed by atoms with Gasteiger partial charge in [-0.1, -0.05) is 30.3 Å². The fourth-order valence-electron chi connectivity index (χ4n) is 3.30. The first-order chi connectivity index (χ1) is 13.5. The zero-order chi connectivity index (χ0) is 20.1. The van der Waals surface area contributed by atoms with Gasteiger partial charge in [0.15, 0.2) is 0 Å². The van der Waals surface area contributed by atoms with Crippen molar-refractivity contribution in [2.24, 2.45) is 0 Å². The topological polar surface area (TPSA) is 61.4 Å². The highest BCUT2D eigenvalue weighted by Gasteiger charge is 2.23. The van der Waals surface area contributed by atoms with Crippen LogP contribution in [0.15, 0.2) is 56.7 Å². The maximum Gasteiger partial charge on any atom is 0.253 e. The van der Waals surface area contributed by atoms with Gasteiger partial charge >= 0.3 is 0 Å². The van der Waals surface area contributed by atoms with Gasteiger partial charge in [0, 0.05) is 18.6 Å². The van der Waals surface area contributed by atoms with Gasteiger partial charge in [-0.2, -0.15) is 11.3 Å². The highest BCUT2D eigenvalue weighted by atomic mass is 32.1. The van der Waals surface area contributed by atoms with Crippen molar-refractivity contribution >= 4 is 22.7 Å². The van der Waals surface area contributed by atoms with Gasteiger partial charge in [0.05, 0.1) is 0 Å². The highest BCUT2D eigenvalue weighted by Crippen LogP contribution is 2.18. The first-order valence-corrected chi connectivity index (χ1v) is 10.4. The summed E-state index contributed by atoms with van der Waals surface area (Å²) in [5.41, 5.74) is 2.46. The monoisotopic (exact) mass is 397 g/mol. The van der Waals surface area contributed by atoms with Crippen molar-refractivity contribution in [1.29, 1.82) is 0 Å². The van der Waals surface area contributed by atoms with E-state index >= 15 is 0 Å². The van der Waals surface area contributed by atoms with Gasteiger partial charge in [0.1, 0.15) is 11.4 Å². The average Bonchev–Trinajstić information content (AvgIpc) is 3.19. The van der Waals surface area contributed by atoms with Crippen LogP contribution < -0.4 is 21.5 Å². The van der Waals surface area contributed by atoms with Crippen LogP contribution in [0.4, 0.5) is 11.4 Å². The first-order valence-electron chi connectivity index (χ1n) is 9.51. The Labute approximate surface area is 169 Å². The second kappa shape index (κ2) is 9.17. The Kier molecular flexibility index (Phi) is 6.65. The number of benzene rings is 1. The van der Waals surface area contributed by atoms with Crippen molar-refractivity contribution in [2.75, 3.05) is 31.3 Å². The standard InChI is InChI=1S/C22H27N3O2S/c1-15(11-17-9-10-28-14-17)24-20-19(21(26)22(20)27)23-13-18(25(2)3)12-16-7-5-4-6-8-16/h4-10,14-15,18,23-24H,11-13H2,1-3H3. The van der Waals surface area contributed by atoms with Crippen molar-refractivity contribution in [3.05, 3.63) is 78.7 Å². The molecular weight excluding hydrogens is 370 g/mol. The van der Waals surface area contributed by atoms with Crippen LogP contribution in [0.2, 0.25) is 0 Å². The number of likely N-dealkylation sites (N-methyl/N-ethyl adjacent to an activating group) is 1. The van der Waals surface area contributed by atoms with E-state index < -0.39 is 10.9 Å². The average molecular weight is 398 g/mol. The maximum absolute atomic E-state index is 12.1. The molecule has 2 aromatic carbocycles. The molecular formula is C22H27N3O2S. The van der Waals surface area contributed by atoms with Crippen molar-refractivity contribution in [3.63, 3.8) is 0 Å². The van der Waals surface area contributed by atoms with Crippen LogP contribution in [0.1, 0.15) is 18.1 Å². The van der Waals surface area contributed by atoms with Gasteiger partial charge in [-0.05, 0) is 61.8 Å². The van der Waals surface area contributed by atoms with E-state index in [2.05, 4.69) is 39.1 Å². The van der Waals surface area contributed by atoms with Crippen molar-refractivity contribution < 1.29 is 0 Å². The molecule has 0 spiro atoms. The van der Waals surface area contributed by atoms with Crippen LogP contribution >= 0.6 is 11.3 Å². The molecule has 2 unspecified atom stereocenters. The van der Waals surface area contributed by atoms with Gasteiger partial charge in [-0.3, -0.25) is 9.59 Å². The van der Waals surface area contributed by atoms with Crippen LogP contribution in [0.3, 0.4) is 0 Å². The molecule has 0 aliphatic rings. The van der Waals surface area contributed by atoms with Crippen LogP contribution in [0.25, 0.3) is 0 Å². The van der Waals surface area contributed by atoms with Gasteiger partial charge in [0.2, 0.25) is 0 Å². The molecule has 6 heteroatoms. The second-order valence-corrected chi connectivity index (χ2v) is 8.26. The summed E-state index contributed by atoms with van der Waals surface area (Å²) in [7, 11) is 4.05. The van der Waals surface area contributed by atoms with Gasteiger partial charge in [-0.15, -0.1) is 0 Å². The minimum absolute atomic E-state index is 0.0763. The molecule has 1 heterocycles. The molecule has 2 atom stereocenters. The molecule has 0 radical (unpaired) electrons. The zero-order valence-electron chi connectivity index (χ0n) is 16.6.